The van der Waals surface area contributed by atoms with Crippen LogP contribution < -0.4 is 4.74 Å². The maximum atomic E-state index is 15.7. The zero-order valence-corrected chi connectivity index (χ0v) is 29.4. The number of ether oxygens (including phenoxy) is 2. The molecule has 1 aliphatic carbocycles. The Labute approximate surface area is 278 Å². The van der Waals surface area contributed by atoms with Gasteiger partial charge in [0, 0.05) is 89.6 Å². The number of fused-ring (bicyclic) bond motifs is 2. The average molecular weight is 731 g/mol. The van der Waals surface area contributed by atoms with Gasteiger partial charge in [-0.2, -0.15) is 0 Å². The second kappa shape index (κ2) is 12.6. The van der Waals surface area contributed by atoms with Gasteiger partial charge in [-0.3, -0.25) is 14.5 Å². The highest BCUT2D eigenvalue weighted by Crippen LogP contribution is 2.45. The van der Waals surface area contributed by atoms with E-state index >= 15 is 4.39 Å². The van der Waals surface area contributed by atoms with Gasteiger partial charge in [0.25, 0.3) is 5.91 Å². The van der Waals surface area contributed by atoms with E-state index in [1.807, 2.05) is 57.2 Å². The number of carbonyl (C=O) groups excluding carboxylic acids is 2. The lowest BCUT2D eigenvalue weighted by molar-refractivity contribution is -0.130. The van der Waals surface area contributed by atoms with Crippen LogP contribution in [0.4, 0.5) is 4.39 Å². The summed E-state index contributed by atoms with van der Waals surface area (Å²) >= 11 is 1.79. The van der Waals surface area contributed by atoms with E-state index < -0.39 is 17.5 Å². The molecule has 6 rings (SSSR count). The van der Waals surface area contributed by atoms with E-state index in [4.69, 9.17) is 14.5 Å². The molecule has 1 atom stereocenters. The minimum Gasteiger partial charge on any atom is -0.490 e. The summed E-state index contributed by atoms with van der Waals surface area (Å²) < 4.78 is 29.5. The van der Waals surface area contributed by atoms with Crippen molar-refractivity contribution in [3.05, 3.63) is 46.0 Å². The van der Waals surface area contributed by atoms with E-state index in [-0.39, 0.29) is 9.70 Å². The van der Waals surface area contributed by atoms with Gasteiger partial charge in [0.1, 0.15) is 11.3 Å². The Bertz CT molecular complexity index is 1650. The third kappa shape index (κ3) is 6.14. The quantitative estimate of drug-likeness (QED) is 0.204. The molecule has 0 radical (unpaired) electrons. The third-order valence-electron chi connectivity index (χ3n) is 9.71. The summed E-state index contributed by atoms with van der Waals surface area (Å²) in [5, 5.41) is 0.699. The molecule has 0 spiro atoms. The molecule has 242 valence electrons. The van der Waals surface area contributed by atoms with Crippen LogP contribution in [0, 0.1) is 19.7 Å². The van der Waals surface area contributed by atoms with Gasteiger partial charge in [0.05, 0.1) is 12.2 Å². The van der Waals surface area contributed by atoms with Crippen LogP contribution >= 0.6 is 22.6 Å². The predicted molar refractivity (Wildman–Crippen MR) is 182 cm³/mol. The van der Waals surface area contributed by atoms with Gasteiger partial charge in [-0.15, -0.1) is 0 Å². The number of carbonyl (C=O) groups is 2. The van der Waals surface area contributed by atoms with E-state index in [2.05, 4.69) is 4.90 Å². The van der Waals surface area contributed by atoms with E-state index in [1.54, 1.807) is 22.6 Å². The first-order chi connectivity index (χ1) is 21.4. The maximum Gasteiger partial charge on any atom is 0.270 e. The first kappa shape index (κ1) is 32.4. The minimum atomic E-state index is -0.935. The van der Waals surface area contributed by atoms with Crippen molar-refractivity contribution in [2.45, 2.75) is 90.9 Å². The molecule has 4 heterocycles. The summed E-state index contributed by atoms with van der Waals surface area (Å²) in [6, 6.07) is 4.04. The Morgan fingerprint density at radius 2 is 1.78 bits per heavy atom. The summed E-state index contributed by atoms with van der Waals surface area (Å²) in [5.74, 6) is -0.166. The first-order valence-corrected chi connectivity index (χ1v) is 17.3. The molecule has 10 heteroatoms. The standard InChI is InChI=1S/C35H44FIN4O4/c1-20-23-12-9-17-44-30(23)26(36)18-24(20)29-25-19-27(34(43)41-15-13-40(14-16-41)22-10-7-8-11-22)39(6)33(25)38-21(2)28(29)31(32(37)42)45-35(3,4)5/h18-19,22,31H,7-17H2,1-6H3/t31-/m0/s1. The maximum absolute atomic E-state index is 15.7. The van der Waals surface area contributed by atoms with Crippen LogP contribution in [0.15, 0.2) is 12.1 Å². The van der Waals surface area contributed by atoms with Crippen LogP contribution in [-0.2, 0) is 23.0 Å². The summed E-state index contributed by atoms with van der Waals surface area (Å²) in [6.45, 7) is 13.2. The highest BCUT2D eigenvalue weighted by Gasteiger charge is 2.35. The number of aryl methyl sites for hydroxylation is 2. The normalized spacial score (nSPS) is 18.7. The second-order valence-corrected chi connectivity index (χ2v) is 14.8. The topological polar surface area (TPSA) is 76.9 Å². The summed E-state index contributed by atoms with van der Waals surface area (Å²) in [5.41, 5.74) is 4.80. The number of pyridine rings is 1. The largest absolute Gasteiger partial charge is 0.490 e. The van der Waals surface area contributed by atoms with E-state index in [1.165, 1.54) is 31.7 Å². The molecular formula is C35H44FIN4O4. The van der Waals surface area contributed by atoms with Crippen molar-refractivity contribution < 1.29 is 23.5 Å². The molecule has 1 amide bonds. The van der Waals surface area contributed by atoms with E-state index in [9.17, 15) is 9.59 Å². The van der Waals surface area contributed by atoms with Crippen molar-refractivity contribution in [3.8, 4) is 16.9 Å². The van der Waals surface area contributed by atoms with Crippen molar-refractivity contribution in [2.24, 2.45) is 7.05 Å². The van der Waals surface area contributed by atoms with E-state index in [0.29, 0.717) is 77.0 Å². The fourth-order valence-corrected chi connectivity index (χ4v) is 7.92. The molecule has 2 fully saturated rings. The lowest BCUT2D eigenvalue weighted by Crippen LogP contribution is -2.51. The van der Waals surface area contributed by atoms with Crippen LogP contribution in [0.5, 0.6) is 5.75 Å². The fourth-order valence-electron chi connectivity index (χ4n) is 7.48. The number of hydrogen-bond donors (Lipinski definition) is 0. The van der Waals surface area contributed by atoms with Crippen LogP contribution in [0.25, 0.3) is 22.2 Å². The Kier molecular flexibility index (Phi) is 9.04. The average Bonchev–Trinajstić information content (AvgIpc) is 3.65. The molecule has 3 aromatic rings. The number of aromatic nitrogens is 2. The molecule has 2 aromatic heterocycles. The molecule has 1 aromatic carbocycles. The summed E-state index contributed by atoms with van der Waals surface area (Å²) in [6.07, 6.45) is 5.66. The van der Waals surface area contributed by atoms with Gasteiger partial charge in [-0.05, 0) is 83.6 Å². The SMILES string of the molecule is Cc1nc2c(cc(C(=O)N3CCN(C4CCCC4)CC3)n2C)c(-c2cc(F)c3c(c2C)CCCO3)c1[C@H](OC(C)(C)C)C(=O)I. The lowest BCUT2D eigenvalue weighted by Gasteiger charge is -2.38. The van der Waals surface area contributed by atoms with Crippen molar-refractivity contribution in [1.82, 2.24) is 19.4 Å². The van der Waals surface area contributed by atoms with Crippen molar-refractivity contribution in [2.75, 3.05) is 32.8 Å². The molecule has 0 unspecified atom stereocenters. The molecule has 0 bridgehead atoms. The highest BCUT2D eigenvalue weighted by atomic mass is 127. The molecule has 45 heavy (non-hydrogen) atoms. The Balaban J connectivity index is 1.51. The number of rotatable bonds is 6. The van der Waals surface area contributed by atoms with Gasteiger partial charge < -0.3 is 18.9 Å². The van der Waals surface area contributed by atoms with Crippen molar-refractivity contribution in [1.29, 1.82) is 0 Å². The number of halogens is 2. The van der Waals surface area contributed by atoms with Crippen LogP contribution in [0.3, 0.4) is 0 Å². The minimum absolute atomic E-state index is 0.0408. The van der Waals surface area contributed by atoms with Gasteiger partial charge in [-0.1, -0.05) is 12.8 Å². The molecule has 1 saturated carbocycles. The van der Waals surface area contributed by atoms with Crippen LogP contribution in [0.1, 0.15) is 91.9 Å². The molecule has 8 nitrogen and oxygen atoms in total. The summed E-state index contributed by atoms with van der Waals surface area (Å²) in [4.78, 5) is 36.8. The van der Waals surface area contributed by atoms with Gasteiger partial charge in [0.2, 0.25) is 3.79 Å². The lowest BCUT2D eigenvalue weighted by atomic mass is 9.87. The van der Waals surface area contributed by atoms with Crippen LogP contribution in [-0.4, -0.2) is 73.5 Å². The zero-order chi connectivity index (χ0) is 32.2. The highest BCUT2D eigenvalue weighted by molar-refractivity contribution is 14.1. The number of benzene rings is 1. The van der Waals surface area contributed by atoms with Gasteiger partial charge in [0.15, 0.2) is 17.7 Å². The fraction of sp³-hybridized carbons (Fsp3) is 0.571. The Hall–Kier alpha value is -2.57. The van der Waals surface area contributed by atoms with Crippen molar-refractivity contribution in [3.63, 3.8) is 0 Å². The monoisotopic (exact) mass is 730 g/mol. The Morgan fingerprint density at radius 1 is 1.09 bits per heavy atom. The number of nitrogens with zero attached hydrogens (tertiary/aromatic N) is 4. The van der Waals surface area contributed by atoms with Crippen molar-refractivity contribution >= 4 is 43.3 Å². The van der Waals surface area contributed by atoms with Gasteiger partial charge in [-0.25, -0.2) is 9.37 Å². The van der Waals surface area contributed by atoms with Gasteiger partial charge >= 0.3 is 0 Å². The molecule has 2 aliphatic heterocycles. The second-order valence-electron chi connectivity index (χ2n) is 13.8. The van der Waals surface area contributed by atoms with Crippen LogP contribution in [0.2, 0.25) is 0 Å². The molecular weight excluding hydrogens is 686 g/mol. The molecule has 3 aliphatic rings. The predicted octanol–water partition coefficient (Wildman–Crippen LogP) is 6.84. The first-order valence-electron chi connectivity index (χ1n) is 16.2. The number of piperazine rings is 1. The van der Waals surface area contributed by atoms with E-state index in [0.717, 1.165) is 30.6 Å². The molecule has 1 saturated heterocycles. The third-order valence-corrected chi connectivity index (χ3v) is 10.3. The summed E-state index contributed by atoms with van der Waals surface area (Å²) in [7, 11) is 1.86. The zero-order valence-electron chi connectivity index (χ0n) is 27.3. The molecule has 0 N–H and O–H groups in total. The number of amides is 1. The smallest absolute Gasteiger partial charge is 0.270 e. The number of hydrogen-bond acceptors (Lipinski definition) is 6. The Morgan fingerprint density at radius 3 is 2.42 bits per heavy atom.